The second kappa shape index (κ2) is 5.85. The fourth-order valence-electron chi connectivity index (χ4n) is 1.71. The van der Waals surface area contributed by atoms with Crippen molar-refractivity contribution in [1.29, 1.82) is 0 Å². The fourth-order valence-corrected chi connectivity index (χ4v) is 1.71. The lowest BCUT2D eigenvalue weighted by molar-refractivity contribution is -0.423. The smallest absolute Gasteiger partial charge is 0.292 e. The van der Waals surface area contributed by atoms with E-state index < -0.39 is 12.4 Å². The second-order valence-electron chi connectivity index (χ2n) is 4.16. The van der Waals surface area contributed by atoms with Crippen LogP contribution in [0.1, 0.15) is 17.3 Å². The van der Waals surface area contributed by atoms with Gasteiger partial charge in [0.1, 0.15) is 6.67 Å². The van der Waals surface area contributed by atoms with Crippen LogP contribution in [0.25, 0.3) is 0 Å². The van der Waals surface area contributed by atoms with Crippen LogP contribution in [0.3, 0.4) is 0 Å². The number of hydroxylamine groups is 1. The molecule has 1 atom stereocenters. The van der Waals surface area contributed by atoms with Crippen LogP contribution in [0, 0.1) is 0 Å². The van der Waals surface area contributed by atoms with Crippen LogP contribution in [0.15, 0.2) is 30.3 Å². The molecule has 0 aromatic heterocycles. The van der Waals surface area contributed by atoms with Gasteiger partial charge in [-0.2, -0.15) is 15.9 Å². The maximum absolute atomic E-state index is 12.1. The van der Waals surface area contributed by atoms with Crippen LogP contribution in [0.2, 0.25) is 0 Å². The van der Waals surface area contributed by atoms with Gasteiger partial charge in [0.2, 0.25) is 0 Å². The van der Waals surface area contributed by atoms with E-state index in [0.717, 1.165) is 0 Å². The molecule has 0 radical (unpaired) electrons. The van der Waals surface area contributed by atoms with E-state index in [-0.39, 0.29) is 12.5 Å². The number of halogens is 3. The van der Waals surface area contributed by atoms with Crippen molar-refractivity contribution in [3.8, 4) is 0 Å². The molecule has 1 fully saturated rings. The van der Waals surface area contributed by atoms with Gasteiger partial charge in [-0.15, -0.1) is 13.2 Å². The Morgan fingerprint density at radius 3 is 2.55 bits per heavy atom. The number of hydrogen-bond acceptors (Lipinski definition) is 6. The van der Waals surface area contributed by atoms with Crippen LogP contribution in [-0.2, 0) is 4.84 Å². The molecule has 0 saturated carbocycles. The van der Waals surface area contributed by atoms with Crippen molar-refractivity contribution in [2.75, 3.05) is 6.67 Å². The Kier molecular flexibility index (Phi) is 4.35. The summed E-state index contributed by atoms with van der Waals surface area (Å²) in [6.45, 7) is 1.32. The lowest BCUT2D eigenvalue weighted by Crippen LogP contribution is -2.46. The first kappa shape index (κ1) is 14.9. The molecule has 1 heterocycles. The molecule has 1 saturated heterocycles. The number of Topliss-reactive ketones (excluding diaryl/α,β-unsaturated/α-hetero) is 1. The minimum atomic E-state index is -4.79. The van der Waals surface area contributed by atoms with Crippen molar-refractivity contribution in [2.24, 2.45) is 0 Å². The molecular formula is C11H13F3N4O2. The third-order valence-electron chi connectivity index (χ3n) is 2.72. The summed E-state index contributed by atoms with van der Waals surface area (Å²) in [4.78, 5) is 15.8. The van der Waals surface area contributed by atoms with Crippen LogP contribution in [0.4, 0.5) is 13.2 Å². The molecule has 9 heteroatoms. The summed E-state index contributed by atoms with van der Waals surface area (Å²) in [6.07, 6.45) is -4.79. The van der Waals surface area contributed by atoms with Crippen LogP contribution >= 0.6 is 0 Å². The lowest BCUT2D eigenvalue weighted by Gasteiger charge is -2.21. The molecule has 0 amide bonds. The van der Waals surface area contributed by atoms with Gasteiger partial charge < -0.3 is 0 Å². The Morgan fingerprint density at radius 1 is 1.30 bits per heavy atom. The Labute approximate surface area is 113 Å². The Bertz CT molecular complexity index is 468. The Hall–Kier alpha value is -1.52. The lowest BCUT2D eigenvalue weighted by atomic mass is 10.1. The molecule has 1 aliphatic heterocycles. The number of nitrogens with zero attached hydrogens (tertiary/aromatic N) is 2. The van der Waals surface area contributed by atoms with E-state index in [0.29, 0.717) is 10.7 Å². The molecule has 20 heavy (non-hydrogen) atoms. The van der Waals surface area contributed by atoms with Gasteiger partial charge in [0, 0.05) is 5.56 Å². The van der Waals surface area contributed by atoms with Gasteiger partial charge in [0.15, 0.2) is 5.78 Å². The van der Waals surface area contributed by atoms with Crippen molar-refractivity contribution < 1.29 is 22.8 Å². The molecule has 1 aromatic rings. The van der Waals surface area contributed by atoms with E-state index in [1.165, 1.54) is 5.01 Å². The van der Waals surface area contributed by atoms with Crippen molar-refractivity contribution in [3.05, 3.63) is 35.9 Å². The number of carbonyl (C=O) groups excluding carboxylic acids is 1. The quantitative estimate of drug-likeness (QED) is 0.813. The number of benzene rings is 1. The number of carbonyl (C=O) groups is 1. The first-order valence-corrected chi connectivity index (χ1v) is 5.77. The second-order valence-corrected chi connectivity index (χ2v) is 4.16. The molecule has 1 unspecified atom stereocenters. The van der Waals surface area contributed by atoms with Crippen LogP contribution in [0.5, 0.6) is 0 Å². The number of nitrogens with one attached hydrogen (secondary N) is 2. The Balaban J connectivity index is 1.94. The summed E-state index contributed by atoms with van der Waals surface area (Å²) >= 11 is 0. The zero-order valence-corrected chi connectivity index (χ0v) is 10.5. The van der Waals surface area contributed by atoms with Gasteiger partial charge in [-0.05, 0) is 6.92 Å². The summed E-state index contributed by atoms with van der Waals surface area (Å²) in [5.41, 5.74) is 5.09. The van der Waals surface area contributed by atoms with Crippen LogP contribution in [-0.4, -0.2) is 35.0 Å². The standard InChI is InChI=1S/C11H13F3N4O2/c1-8(10(19)9-5-3-2-4-6-9)17-7-18(16-15-17)20-11(12,13)14/h2-6,8,15-16H,7H2,1H3. The zero-order chi connectivity index (χ0) is 14.8. The molecule has 6 nitrogen and oxygen atoms in total. The highest BCUT2D eigenvalue weighted by Crippen LogP contribution is 2.19. The summed E-state index contributed by atoms with van der Waals surface area (Å²) in [5.74, 6) is -0.214. The van der Waals surface area contributed by atoms with E-state index in [1.807, 2.05) is 0 Å². The molecule has 2 rings (SSSR count). The van der Waals surface area contributed by atoms with Crippen molar-refractivity contribution in [2.45, 2.75) is 19.3 Å². The number of alkyl halides is 3. The molecule has 0 aliphatic carbocycles. The van der Waals surface area contributed by atoms with E-state index in [9.17, 15) is 18.0 Å². The summed E-state index contributed by atoms with van der Waals surface area (Å²) in [7, 11) is 0. The molecule has 2 N–H and O–H groups in total. The molecule has 0 bridgehead atoms. The number of rotatable bonds is 4. The van der Waals surface area contributed by atoms with Crippen molar-refractivity contribution >= 4 is 5.78 Å². The largest absolute Gasteiger partial charge is 0.540 e. The van der Waals surface area contributed by atoms with E-state index in [2.05, 4.69) is 15.9 Å². The third kappa shape index (κ3) is 3.74. The predicted octanol–water partition coefficient (Wildman–Crippen LogP) is 1.21. The zero-order valence-electron chi connectivity index (χ0n) is 10.5. The minimum Gasteiger partial charge on any atom is -0.292 e. The van der Waals surface area contributed by atoms with Crippen molar-refractivity contribution in [3.63, 3.8) is 0 Å². The maximum Gasteiger partial charge on any atom is 0.540 e. The minimum absolute atomic E-state index is 0.214. The van der Waals surface area contributed by atoms with Crippen molar-refractivity contribution in [1.82, 2.24) is 21.3 Å². The summed E-state index contributed by atoms with van der Waals surface area (Å²) in [5, 5.41) is 1.75. The van der Waals surface area contributed by atoms with E-state index >= 15 is 0 Å². The highest BCUT2D eigenvalue weighted by atomic mass is 19.4. The number of ketones is 1. The molecular weight excluding hydrogens is 277 g/mol. The average molecular weight is 290 g/mol. The monoisotopic (exact) mass is 290 g/mol. The third-order valence-corrected chi connectivity index (χ3v) is 2.72. The summed E-state index contributed by atoms with van der Waals surface area (Å²) in [6, 6.07) is 7.84. The number of hydrogen-bond donors (Lipinski definition) is 2. The van der Waals surface area contributed by atoms with Gasteiger partial charge in [-0.25, -0.2) is 5.01 Å². The average Bonchev–Trinajstić information content (AvgIpc) is 2.84. The fraction of sp³-hybridized carbons (Fsp3) is 0.364. The van der Waals surface area contributed by atoms with E-state index in [1.54, 1.807) is 37.3 Å². The maximum atomic E-state index is 12.1. The topological polar surface area (TPSA) is 56.8 Å². The molecule has 110 valence electrons. The van der Waals surface area contributed by atoms with Gasteiger partial charge in [-0.1, -0.05) is 35.5 Å². The Morgan fingerprint density at radius 2 is 1.95 bits per heavy atom. The van der Waals surface area contributed by atoms with Gasteiger partial charge in [0.05, 0.1) is 6.04 Å². The SMILES string of the molecule is CC(C(=O)c1ccccc1)N1CN(OC(F)(F)F)NN1. The number of hydrazine groups is 3. The highest BCUT2D eigenvalue weighted by Gasteiger charge is 2.38. The van der Waals surface area contributed by atoms with Gasteiger partial charge in [-0.3, -0.25) is 4.79 Å². The van der Waals surface area contributed by atoms with Crippen LogP contribution < -0.4 is 11.1 Å². The molecule has 1 aromatic carbocycles. The predicted molar refractivity (Wildman–Crippen MR) is 62.2 cm³/mol. The first-order chi connectivity index (χ1) is 9.37. The first-order valence-electron chi connectivity index (χ1n) is 5.77. The summed E-state index contributed by atoms with van der Waals surface area (Å²) < 4.78 is 36.1. The molecule has 1 aliphatic rings. The van der Waals surface area contributed by atoms with E-state index in [4.69, 9.17) is 0 Å². The van der Waals surface area contributed by atoms with Gasteiger partial charge >= 0.3 is 6.36 Å². The van der Waals surface area contributed by atoms with Gasteiger partial charge in [0.25, 0.3) is 0 Å². The normalized spacial score (nSPS) is 19.2. The molecule has 0 spiro atoms. The highest BCUT2D eigenvalue weighted by molar-refractivity contribution is 5.99.